The molecule has 0 spiro atoms. The first-order valence-corrected chi connectivity index (χ1v) is 12.3. The number of aliphatic hydroxyl groups excluding tert-OH is 1. The summed E-state index contributed by atoms with van der Waals surface area (Å²) in [7, 11) is 5.37. The molecule has 0 saturated carbocycles. The van der Waals surface area contributed by atoms with Crippen molar-refractivity contribution in [2.45, 2.75) is 32.2 Å². The van der Waals surface area contributed by atoms with Crippen LogP contribution in [0.5, 0.6) is 5.75 Å². The van der Waals surface area contributed by atoms with Crippen LogP contribution in [0.3, 0.4) is 0 Å². The number of hydrogen-bond acceptors (Lipinski definition) is 5. The van der Waals surface area contributed by atoms with Crippen LogP contribution in [-0.2, 0) is 15.0 Å². The van der Waals surface area contributed by atoms with Gasteiger partial charge in [-0.3, -0.25) is 14.5 Å². The van der Waals surface area contributed by atoms with Gasteiger partial charge < -0.3 is 14.7 Å². The van der Waals surface area contributed by atoms with Gasteiger partial charge in [0.05, 0.1) is 23.7 Å². The summed E-state index contributed by atoms with van der Waals surface area (Å²) < 4.78 is 5.21. The minimum atomic E-state index is -0.822. The van der Waals surface area contributed by atoms with Crippen molar-refractivity contribution in [3.63, 3.8) is 0 Å². The third-order valence-corrected chi connectivity index (χ3v) is 6.90. The Morgan fingerprint density at radius 3 is 2.11 bits per heavy atom. The molecule has 192 valence electrons. The van der Waals surface area contributed by atoms with Gasteiger partial charge in [0.15, 0.2) is 0 Å². The standard InChI is InChI=1S/C30H31ClN2O4/c1-30(2,3)20-10-14-22(15-11-20)33-26(18-7-12-21(13-8-18)32(4)5)25(28(35)29(33)36)27(34)19-9-16-24(37-6)23(31)17-19/h7-17,26,34H,1-6H3/b27-25-. The molecule has 6 nitrogen and oxygen atoms in total. The molecule has 1 unspecified atom stereocenters. The van der Waals surface area contributed by atoms with Crippen LogP contribution >= 0.6 is 11.6 Å². The summed E-state index contributed by atoms with van der Waals surface area (Å²) in [4.78, 5) is 30.3. The summed E-state index contributed by atoms with van der Waals surface area (Å²) in [6, 6.07) is 19.1. The smallest absolute Gasteiger partial charge is 0.300 e. The fourth-order valence-electron chi connectivity index (χ4n) is 4.46. The average molecular weight is 519 g/mol. The lowest BCUT2D eigenvalue weighted by molar-refractivity contribution is -0.132. The zero-order valence-corrected chi connectivity index (χ0v) is 22.6. The van der Waals surface area contributed by atoms with Gasteiger partial charge in [-0.2, -0.15) is 0 Å². The Hall–Kier alpha value is -3.77. The zero-order valence-electron chi connectivity index (χ0n) is 21.9. The number of rotatable bonds is 5. The highest BCUT2D eigenvalue weighted by molar-refractivity contribution is 6.51. The zero-order chi connectivity index (χ0) is 27.1. The second kappa shape index (κ2) is 9.94. The molecular weight excluding hydrogens is 488 g/mol. The topological polar surface area (TPSA) is 70.1 Å². The lowest BCUT2D eigenvalue weighted by atomic mass is 9.87. The van der Waals surface area contributed by atoms with E-state index in [-0.39, 0.29) is 21.8 Å². The molecule has 0 bridgehead atoms. The number of methoxy groups -OCH3 is 1. The monoisotopic (exact) mass is 518 g/mol. The van der Waals surface area contributed by atoms with Crippen LogP contribution < -0.4 is 14.5 Å². The summed E-state index contributed by atoms with van der Waals surface area (Å²) in [5.74, 6) is -1.32. The lowest BCUT2D eigenvalue weighted by Gasteiger charge is -2.27. The summed E-state index contributed by atoms with van der Waals surface area (Å²) in [6.45, 7) is 6.33. The van der Waals surface area contributed by atoms with Gasteiger partial charge in [-0.25, -0.2) is 0 Å². The van der Waals surface area contributed by atoms with Crippen molar-refractivity contribution < 1.29 is 19.4 Å². The number of amides is 1. The fourth-order valence-corrected chi connectivity index (χ4v) is 4.72. The summed E-state index contributed by atoms with van der Waals surface area (Å²) in [6.07, 6.45) is 0. The molecule has 1 aliphatic heterocycles. The van der Waals surface area contributed by atoms with Crippen molar-refractivity contribution in [2.75, 3.05) is 31.0 Å². The molecule has 1 heterocycles. The number of nitrogens with zero attached hydrogens (tertiary/aromatic N) is 2. The van der Waals surface area contributed by atoms with E-state index >= 15 is 0 Å². The number of ether oxygens (including phenoxy) is 1. The van der Waals surface area contributed by atoms with Gasteiger partial charge in [0.1, 0.15) is 11.5 Å². The highest BCUT2D eigenvalue weighted by atomic mass is 35.5. The van der Waals surface area contributed by atoms with Gasteiger partial charge >= 0.3 is 0 Å². The quantitative estimate of drug-likeness (QED) is 0.242. The molecule has 3 aromatic rings. The third-order valence-electron chi connectivity index (χ3n) is 6.61. The number of carbonyl (C=O) groups is 2. The van der Waals surface area contributed by atoms with Crippen molar-refractivity contribution in [3.05, 3.63) is 94.0 Å². The van der Waals surface area contributed by atoms with Gasteiger partial charge in [0, 0.05) is 31.0 Å². The molecule has 0 aliphatic carbocycles. The first-order valence-electron chi connectivity index (χ1n) is 12.0. The van der Waals surface area contributed by atoms with Crippen LogP contribution in [0, 0.1) is 0 Å². The van der Waals surface area contributed by atoms with E-state index < -0.39 is 17.7 Å². The third kappa shape index (κ3) is 4.94. The second-order valence-corrected chi connectivity index (χ2v) is 10.7. The first kappa shape index (κ1) is 26.3. The average Bonchev–Trinajstić information content (AvgIpc) is 3.13. The number of hydrogen-bond donors (Lipinski definition) is 1. The Labute approximate surface area is 222 Å². The molecule has 1 saturated heterocycles. The van der Waals surface area contributed by atoms with Crippen LogP contribution in [0.1, 0.15) is 43.5 Å². The SMILES string of the molecule is COc1ccc(/C(O)=C2/C(=O)C(=O)N(c3ccc(C(C)(C)C)cc3)C2c2ccc(N(C)C)cc2)cc1Cl. The van der Waals surface area contributed by atoms with Crippen molar-refractivity contribution in [1.82, 2.24) is 0 Å². The van der Waals surface area contributed by atoms with Gasteiger partial charge in [0.25, 0.3) is 11.7 Å². The van der Waals surface area contributed by atoms with Crippen molar-refractivity contribution in [2.24, 2.45) is 0 Å². The van der Waals surface area contributed by atoms with Crippen molar-refractivity contribution in [3.8, 4) is 5.75 Å². The highest BCUT2D eigenvalue weighted by Gasteiger charge is 2.47. The van der Waals surface area contributed by atoms with Gasteiger partial charge in [-0.05, 0) is 59.0 Å². The van der Waals surface area contributed by atoms with Crippen LogP contribution in [0.25, 0.3) is 5.76 Å². The van der Waals surface area contributed by atoms with Gasteiger partial charge in [-0.1, -0.05) is 56.6 Å². The van der Waals surface area contributed by atoms with E-state index in [0.29, 0.717) is 22.6 Å². The second-order valence-electron chi connectivity index (χ2n) is 10.3. The Kier molecular flexibility index (Phi) is 7.07. The van der Waals surface area contributed by atoms with E-state index in [9.17, 15) is 14.7 Å². The molecule has 0 aromatic heterocycles. The Balaban J connectivity index is 1.90. The minimum Gasteiger partial charge on any atom is -0.507 e. The number of anilines is 2. The fraction of sp³-hybridized carbons (Fsp3) is 0.267. The Bertz CT molecular complexity index is 1370. The summed E-state index contributed by atoms with van der Waals surface area (Å²) >= 11 is 6.30. The maximum Gasteiger partial charge on any atom is 0.300 e. The molecule has 3 aromatic carbocycles. The van der Waals surface area contributed by atoms with Crippen LogP contribution in [0.4, 0.5) is 11.4 Å². The minimum absolute atomic E-state index is 0.00346. The van der Waals surface area contributed by atoms with Crippen molar-refractivity contribution in [1.29, 1.82) is 0 Å². The predicted octanol–water partition coefficient (Wildman–Crippen LogP) is 6.34. The van der Waals surface area contributed by atoms with E-state index in [1.165, 1.54) is 18.1 Å². The normalized spacial score (nSPS) is 17.3. The lowest BCUT2D eigenvalue weighted by Crippen LogP contribution is -2.29. The molecule has 4 rings (SSSR count). The van der Waals surface area contributed by atoms with Gasteiger partial charge in [0.2, 0.25) is 0 Å². The van der Waals surface area contributed by atoms with Gasteiger partial charge in [-0.15, -0.1) is 0 Å². The maximum atomic E-state index is 13.4. The van der Waals surface area contributed by atoms with Crippen molar-refractivity contribution >= 4 is 40.4 Å². The molecule has 7 heteroatoms. The number of benzene rings is 3. The van der Waals surface area contributed by atoms with Crippen LogP contribution in [0.15, 0.2) is 72.3 Å². The molecule has 1 N–H and O–H groups in total. The number of halogens is 1. The number of ketones is 1. The molecule has 1 amide bonds. The first-order chi connectivity index (χ1) is 17.4. The molecule has 1 fully saturated rings. The van der Waals surface area contributed by atoms with E-state index in [1.54, 1.807) is 12.1 Å². The molecule has 0 radical (unpaired) electrons. The summed E-state index contributed by atoms with van der Waals surface area (Å²) in [5, 5.41) is 11.6. The van der Waals surface area contributed by atoms with Crippen LogP contribution in [0.2, 0.25) is 5.02 Å². The Morgan fingerprint density at radius 1 is 0.973 bits per heavy atom. The maximum absolute atomic E-state index is 13.4. The number of aliphatic hydroxyl groups is 1. The van der Waals surface area contributed by atoms with E-state index in [4.69, 9.17) is 16.3 Å². The van der Waals surface area contributed by atoms with E-state index in [2.05, 4.69) is 20.8 Å². The molecule has 1 aliphatic rings. The molecule has 1 atom stereocenters. The molecular formula is C30H31ClN2O4. The van der Waals surface area contributed by atoms with E-state index in [0.717, 1.165) is 11.3 Å². The van der Waals surface area contributed by atoms with Crippen LogP contribution in [-0.4, -0.2) is 38.0 Å². The largest absolute Gasteiger partial charge is 0.507 e. The molecule has 37 heavy (non-hydrogen) atoms. The highest BCUT2D eigenvalue weighted by Crippen LogP contribution is 2.43. The number of Topliss-reactive ketones (excluding diaryl/α,β-unsaturated/α-hetero) is 1. The summed E-state index contributed by atoms with van der Waals surface area (Å²) in [5.41, 5.74) is 3.60. The predicted molar refractivity (Wildman–Crippen MR) is 149 cm³/mol. The number of carbonyl (C=O) groups excluding carboxylic acids is 2. The van der Waals surface area contributed by atoms with E-state index in [1.807, 2.05) is 67.5 Å². The Morgan fingerprint density at radius 2 is 1.59 bits per heavy atom.